The maximum Gasteiger partial charge on any atom is 0.137 e. The second-order valence-electron chi connectivity index (χ2n) is 4.63. The van der Waals surface area contributed by atoms with Crippen LogP contribution in [0.25, 0.3) is 0 Å². The van der Waals surface area contributed by atoms with Crippen LogP contribution >= 0.6 is 11.8 Å². The van der Waals surface area contributed by atoms with Crippen LogP contribution in [0.15, 0.2) is 23.1 Å². The molecule has 0 radical (unpaired) electrons. The molecule has 100 valence electrons. The van der Waals surface area contributed by atoms with Crippen LogP contribution in [-0.4, -0.2) is 25.5 Å². The third-order valence-electron chi connectivity index (χ3n) is 3.35. The lowest BCUT2D eigenvalue weighted by atomic mass is 10.1. The van der Waals surface area contributed by atoms with Crippen molar-refractivity contribution < 1.29 is 9.13 Å². The number of benzene rings is 1. The lowest BCUT2D eigenvalue weighted by Gasteiger charge is -2.22. The molecule has 1 fully saturated rings. The molecule has 0 aromatic heterocycles. The largest absolute Gasteiger partial charge is 0.381 e. The predicted molar refractivity (Wildman–Crippen MR) is 73.6 cm³/mol. The first-order valence-corrected chi connectivity index (χ1v) is 7.30. The van der Waals surface area contributed by atoms with Gasteiger partial charge in [-0.3, -0.25) is 0 Å². The number of ether oxygens (including phenoxy) is 1. The smallest absolute Gasteiger partial charge is 0.137 e. The van der Waals surface area contributed by atoms with E-state index in [4.69, 9.17) is 4.74 Å². The molecule has 1 heterocycles. The maximum absolute atomic E-state index is 14.0. The van der Waals surface area contributed by atoms with Crippen molar-refractivity contribution in [1.29, 1.82) is 0 Å². The molecule has 0 aliphatic carbocycles. The van der Waals surface area contributed by atoms with Gasteiger partial charge in [0.15, 0.2) is 0 Å². The Morgan fingerprint density at radius 3 is 2.72 bits per heavy atom. The average Bonchev–Trinajstić information content (AvgIpc) is 2.41. The van der Waals surface area contributed by atoms with Crippen molar-refractivity contribution in [1.82, 2.24) is 5.32 Å². The van der Waals surface area contributed by atoms with Crippen LogP contribution in [0.2, 0.25) is 0 Å². The van der Waals surface area contributed by atoms with Gasteiger partial charge < -0.3 is 10.1 Å². The number of rotatable bonds is 4. The number of hydrogen-bond donors (Lipinski definition) is 1. The molecule has 0 saturated carbocycles. The minimum atomic E-state index is -0.105. The van der Waals surface area contributed by atoms with Gasteiger partial charge in [-0.25, -0.2) is 4.39 Å². The van der Waals surface area contributed by atoms with E-state index in [1.165, 1.54) is 0 Å². The summed E-state index contributed by atoms with van der Waals surface area (Å²) in [6, 6.07) is 5.73. The van der Waals surface area contributed by atoms with Crippen molar-refractivity contribution in [3.05, 3.63) is 29.6 Å². The molecule has 0 spiro atoms. The monoisotopic (exact) mass is 269 g/mol. The third-order valence-corrected chi connectivity index (χ3v) is 4.74. The van der Waals surface area contributed by atoms with Crippen molar-refractivity contribution in [2.24, 2.45) is 0 Å². The molecular weight excluding hydrogens is 249 g/mol. The van der Waals surface area contributed by atoms with Crippen molar-refractivity contribution in [2.75, 3.05) is 20.3 Å². The van der Waals surface area contributed by atoms with Gasteiger partial charge in [0.1, 0.15) is 5.82 Å². The van der Waals surface area contributed by atoms with Crippen LogP contribution in [0.1, 0.15) is 31.4 Å². The normalized spacial score (nSPS) is 18.8. The van der Waals surface area contributed by atoms with Gasteiger partial charge in [-0.05, 0) is 44.5 Å². The topological polar surface area (TPSA) is 21.3 Å². The summed E-state index contributed by atoms with van der Waals surface area (Å²) in [7, 11) is 1.88. The second kappa shape index (κ2) is 6.55. The maximum atomic E-state index is 14.0. The van der Waals surface area contributed by atoms with Crippen molar-refractivity contribution in [2.45, 2.75) is 36.0 Å². The number of hydrogen-bond acceptors (Lipinski definition) is 3. The zero-order valence-corrected chi connectivity index (χ0v) is 11.7. The SMILES string of the molecule is CNC(C)c1ccc(SC2CCOCC2)c(F)c1. The Balaban J connectivity index is 2.04. The fraction of sp³-hybridized carbons (Fsp3) is 0.571. The highest BCUT2D eigenvalue weighted by molar-refractivity contribution is 8.00. The standard InChI is InChI=1S/C14H20FNOS/c1-10(16-2)11-3-4-14(13(15)9-11)18-12-5-7-17-8-6-12/h3-4,9-10,12,16H,5-8H2,1-2H3. The van der Waals surface area contributed by atoms with Crippen LogP contribution in [0.5, 0.6) is 0 Å². The van der Waals surface area contributed by atoms with E-state index in [0.717, 1.165) is 36.5 Å². The van der Waals surface area contributed by atoms with Crippen LogP contribution in [0, 0.1) is 5.82 Å². The highest BCUT2D eigenvalue weighted by Gasteiger charge is 2.17. The summed E-state index contributed by atoms with van der Waals surface area (Å²) >= 11 is 1.64. The minimum absolute atomic E-state index is 0.105. The predicted octanol–water partition coefficient (Wildman–Crippen LogP) is 3.38. The van der Waals surface area contributed by atoms with Gasteiger partial charge >= 0.3 is 0 Å². The summed E-state index contributed by atoms with van der Waals surface area (Å²) in [5, 5.41) is 3.61. The van der Waals surface area contributed by atoms with E-state index in [2.05, 4.69) is 5.32 Å². The molecular formula is C14H20FNOS. The zero-order chi connectivity index (χ0) is 13.0. The zero-order valence-electron chi connectivity index (χ0n) is 10.9. The Morgan fingerprint density at radius 1 is 1.39 bits per heavy atom. The van der Waals surface area contributed by atoms with E-state index in [0.29, 0.717) is 5.25 Å². The lowest BCUT2D eigenvalue weighted by molar-refractivity contribution is 0.1000. The molecule has 1 unspecified atom stereocenters. The van der Waals surface area contributed by atoms with Crippen LogP contribution in [-0.2, 0) is 4.74 Å². The summed E-state index contributed by atoms with van der Waals surface area (Å²) < 4.78 is 19.3. The Hall–Kier alpha value is -0.580. The summed E-state index contributed by atoms with van der Waals surface area (Å²) in [4.78, 5) is 0.758. The molecule has 18 heavy (non-hydrogen) atoms. The van der Waals surface area contributed by atoms with Gasteiger partial charge in [-0.1, -0.05) is 6.07 Å². The quantitative estimate of drug-likeness (QED) is 0.905. The van der Waals surface area contributed by atoms with E-state index in [1.807, 2.05) is 26.1 Å². The molecule has 1 saturated heterocycles. The molecule has 1 aromatic rings. The van der Waals surface area contributed by atoms with E-state index in [-0.39, 0.29) is 11.9 Å². The third kappa shape index (κ3) is 3.46. The molecule has 0 bridgehead atoms. The fourth-order valence-electron chi connectivity index (χ4n) is 2.02. The lowest BCUT2D eigenvalue weighted by Crippen LogP contribution is -2.17. The van der Waals surface area contributed by atoms with Gasteiger partial charge in [-0.2, -0.15) is 0 Å². The summed E-state index contributed by atoms with van der Waals surface area (Å²) in [6.07, 6.45) is 2.03. The Morgan fingerprint density at radius 2 is 2.11 bits per heavy atom. The van der Waals surface area contributed by atoms with Gasteiger partial charge in [0.05, 0.1) is 0 Å². The van der Waals surface area contributed by atoms with Crippen molar-refractivity contribution in [3.63, 3.8) is 0 Å². The molecule has 4 heteroatoms. The molecule has 2 rings (SSSR count). The fourth-order valence-corrected chi connectivity index (χ4v) is 3.13. The van der Waals surface area contributed by atoms with Crippen LogP contribution < -0.4 is 5.32 Å². The number of thioether (sulfide) groups is 1. The summed E-state index contributed by atoms with van der Waals surface area (Å²) in [5.74, 6) is -0.105. The Labute approximate surface area is 112 Å². The first-order chi connectivity index (χ1) is 8.70. The van der Waals surface area contributed by atoms with E-state index >= 15 is 0 Å². The molecule has 0 amide bonds. The Kier molecular flexibility index (Phi) is 5.03. The number of halogens is 1. The molecule has 1 aromatic carbocycles. The van der Waals surface area contributed by atoms with E-state index < -0.39 is 0 Å². The van der Waals surface area contributed by atoms with Crippen LogP contribution in [0.4, 0.5) is 4.39 Å². The van der Waals surface area contributed by atoms with Crippen molar-refractivity contribution in [3.8, 4) is 0 Å². The first kappa shape index (κ1) is 13.8. The minimum Gasteiger partial charge on any atom is -0.381 e. The Bertz CT molecular complexity index is 393. The van der Waals surface area contributed by atoms with E-state index in [1.54, 1.807) is 17.8 Å². The highest BCUT2D eigenvalue weighted by Crippen LogP contribution is 2.32. The van der Waals surface area contributed by atoms with Gasteiger partial charge in [0.25, 0.3) is 0 Å². The molecule has 1 aliphatic heterocycles. The highest BCUT2D eigenvalue weighted by atomic mass is 32.2. The van der Waals surface area contributed by atoms with Gasteiger partial charge in [0.2, 0.25) is 0 Å². The molecule has 2 nitrogen and oxygen atoms in total. The van der Waals surface area contributed by atoms with Gasteiger partial charge in [0, 0.05) is 29.4 Å². The van der Waals surface area contributed by atoms with E-state index in [9.17, 15) is 4.39 Å². The van der Waals surface area contributed by atoms with Crippen LogP contribution in [0.3, 0.4) is 0 Å². The summed E-state index contributed by atoms with van der Waals surface area (Å²) in [6.45, 7) is 3.63. The molecule has 1 aliphatic rings. The molecule has 1 atom stereocenters. The number of nitrogens with one attached hydrogen (secondary N) is 1. The summed E-state index contributed by atoms with van der Waals surface area (Å²) in [5.41, 5.74) is 0.992. The average molecular weight is 269 g/mol. The second-order valence-corrected chi connectivity index (χ2v) is 5.97. The van der Waals surface area contributed by atoms with Crippen molar-refractivity contribution >= 4 is 11.8 Å². The molecule has 1 N–H and O–H groups in total. The van der Waals surface area contributed by atoms with Gasteiger partial charge in [-0.15, -0.1) is 11.8 Å². The first-order valence-electron chi connectivity index (χ1n) is 6.42.